The minimum absolute atomic E-state index is 0.178. The number of benzene rings is 1. The van der Waals surface area contributed by atoms with Crippen molar-refractivity contribution in [2.24, 2.45) is 7.05 Å². The normalized spacial score (nSPS) is 16.7. The molecule has 124 valence electrons. The smallest absolute Gasteiger partial charge is 0.165 e. The first-order valence-corrected chi connectivity index (χ1v) is 8.67. The summed E-state index contributed by atoms with van der Waals surface area (Å²) >= 11 is 0. The van der Waals surface area contributed by atoms with Crippen LogP contribution in [-0.4, -0.2) is 32.8 Å². The van der Waals surface area contributed by atoms with Gasteiger partial charge in [0.1, 0.15) is 0 Å². The third kappa shape index (κ3) is 3.81. The van der Waals surface area contributed by atoms with Crippen molar-refractivity contribution in [1.82, 2.24) is 19.7 Å². The SMILES string of the molecule is Cn1nc(CN2CCCCC2)nc1-c1ccc(C(C)(C)C)cc1. The van der Waals surface area contributed by atoms with Gasteiger partial charge in [-0.1, -0.05) is 51.5 Å². The quantitative estimate of drug-likeness (QED) is 0.865. The molecule has 0 saturated carbocycles. The van der Waals surface area contributed by atoms with Crippen LogP contribution in [0.1, 0.15) is 51.4 Å². The second-order valence-corrected chi connectivity index (χ2v) is 7.64. The van der Waals surface area contributed by atoms with E-state index in [0.29, 0.717) is 0 Å². The first kappa shape index (κ1) is 16.2. The van der Waals surface area contributed by atoms with Crippen molar-refractivity contribution in [2.75, 3.05) is 13.1 Å². The highest BCUT2D eigenvalue weighted by Crippen LogP contribution is 2.25. The Morgan fingerprint density at radius 1 is 1.00 bits per heavy atom. The van der Waals surface area contributed by atoms with Gasteiger partial charge in [0, 0.05) is 12.6 Å². The largest absolute Gasteiger partial charge is 0.296 e. The maximum absolute atomic E-state index is 4.78. The van der Waals surface area contributed by atoms with E-state index in [1.807, 2.05) is 11.7 Å². The van der Waals surface area contributed by atoms with Gasteiger partial charge in [0.2, 0.25) is 0 Å². The summed E-state index contributed by atoms with van der Waals surface area (Å²) < 4.78 is 1.91. The number of nitrogens with zero attached hydrogens (tertiary/aromatic N) is 4. The van der Waals surface area contributed by atoms with Crippen molar-refractivity contribution in [3.05, 3.63) is 35.7 Å². The van der Waals surface area contributed by atoms with Crippen LogP contribution >= 0.6 is 0 Å². The zero-order chi connectivity index (χ0) is 16.4. The van der Waals surface area contributed by atoms with Crippen molar-refractivity contribution < 1.29 is 0 Å². The highest BCUT2D eigenvalue weighted by Gasteiger charge is 2.17. The predicted octanol–water partition coefficient (Wildman–Crippen LogP) is 3.77. The minimum atomic E-state index is 0.178. The van der Waals surface area contributed by atoms with E-state index in [0.717, 1.165) is 23.8 Å². The van der Waals surface area contributed by atoms with Gasteiger partial charge in [-0.3, -0.25) is 4.90 Å². The third-order valence-electron chi connectivity index (χ3n) is 4.63. The van der Waals surface area contributed by atoms with Crippen LogP contribution in [0.2, 0.25) is 0 Å². The average molecular weight is 312 g/mol. The lowest BCUT2D eigenvalue weighted by atomic mass is 9.87. The van der Waals surface area contributed by atoms with E-state index in [9.17, 15) is 0 Å². The van der Waals surface area contributed by atoms with Gasteiger partial charge < -0.3 is 0 Å². The molecule has 1 aliphatic rings. The van der Waals surface area contributed by atoms with Crippen LogP contribution in [0.25, 0.3) is 11.4 Å². The van der Waals surface area contributed by atoms with Crippen molar-refractivity contribution in [2.45, 2.75) is 52.0 Å². The van der Waals surface area contributed by atoms with Crippen LogP contribution in [0.15, 0.2) is 24.3 Å². The maximum Gasteiger partial charge on any atom is 0.165 e. The Bertz CT molecular complexity index is 643. The summed E-state index contributed by atoms with van der Waals surface area (Å²) in [4.78, 5) is 7.24. The second-order valence-electron chi connectivity index (χ2n) is 7.64. The van der Waals surface area contributed by atoms with Gasteiger partial charge in [0.05, 0.1) is 6.54 Å². The number of aromatic nitrogens is 3. The molecule has 23 heavy (non-hydrogen) atoms. The van der Waals surface area contributed by atoms with Gasteiger partial charge in [0.15, 0.2) is 11.6 Å². The monoisotopic (exact) mass is 312 g/mol. The van der Waals surface area contributed by atoms with Crippen molar-refractivity contribution in [3.63, 3.8) is 0 Å². The van der Waals surface area contributed by atoms with Crippen LogP contribution in [0.5, 0.6) is 0 Å². The van der Waals surface area contributed by atoms with Crippen LogP contribution in [0.4, 0.5) is 0 Å². The number of aryl methyl sites for hydroxylation is 1. The molecule has 1 fully saturated rings. The fraction of sp³-hybridized carbons (Fsp3) is 0.579. The first-order valence-electron chi connectivity index (χ1n) is 8.67. The summed E-state index contributed by atoms with van der Waals surface area (Å²) in [6.07, 6.45) is 3.96. The van der Waals surface area contributed by atoms with Gasteiger partial charge >= 0.3 is 0 Å². The van der Waals surface area contributed by atoms with Crippen LogP contribution in [0.3, 0.4) is 0 Å². The Balaban J connectivity index is 1.77. The zero-order valence-corrected chi connectivity index (χ0v) is 14.8. The van der Waals surface area contributed by atoms with Gasteiger partial charge in [-0.15, -0.1) is 0 Å². The van der Waals surface area contributed by atoms with Crippen molar-refractivity contribution in [3.8, 4) is 11.4 Å². The lowest BCUT2D eigenvalue weighted by Crippen LogP contribution is -2.29. The molecule has 3 rings (SSSR count). The first-order chi connectivity index (χ1) is 10.9. The summed E-state index contributed by atoms with van der Waals surface area (Å²) in [7, 11) is 1.99. The molecule has 0 atom stereocenters. The second kappa shape index (κ2) is 6.44. The number of likely N-dealkylation sites (tertiary alicyclic amines) is 1. The lowest BCUT2D eigenvalue weighted by molar-refractivity contribution is 0.216. The van der Waals surface area contributed by atoms with E-state index in [2.05, 4.69) is 55.0 Å². The van der Waals surface area contributed by atoms with E-state index in [1.165, 1.54) is 37.9 Å². The third-order valence-corrected chi connectivity index (χ3v) is 4.63. The topological polar surface area (TPSA) is 34.0 Å². The summed E-state index contributed by atoms with van der Waals surface area (Å²) in [6, 6.07) is 8.73. The molecular weight excluding hydrogens is 284 g/mol. The van der Waals surface area contributed by atoms with Crippen LogP contribution in [-0.2, 0) is 19.0 Å². The molecule has 0 unspecified atom stereocenters. The molecule has 1 saturated heterocycles. The fourth-order valence-electron chi connectivity index (χ4n) is 3.19. The molecule has 4 heteroatoms. The molecule has 0 amide bonds. The Hall–Kier alpha value is -1.68. The highest BCUT2D eigenvalue weighted by molar-refractivity contribution is 5.56. The van der Waals surface area contributed by atoms with Gasteiger partial charge in [0.25, 0.3) is 0 Å². The Labute approximate surface area is 139 Å². The number of hydrogen-bond donors (Lipinski definition) is 0. The molecule has 2 heterocycles. The summed E-state index contributed by atoms with van der Waals surface area (Å²) in [5.74, 6) is 1.89. The van der Waals surface area contributed by atoms with Crippen molar-refractivity contribution >= 4 is 0 Å². The summed E-state index contributed by atoms with van der Waals surface area (Å²) in [5, 5.41) is 4.62. The number of hydrogen-bond acceptors (Lipinski definition) is 3. The molecule has 0 bridgehead atoms. The molecule has 4 nitrogen and oxygen atoms in total. The molecular formula is C19H28N4. The van der Waals surface area contributed by atoms with E-state index in [-0.39, 0.29) is 5.41 Å². The van der Waals surface area contributed by atoms with Gasteiger partial charge in [-0.25, -0.2) is 9.67 Å². The summed E-state index contributed by atoms with van der Waals surface area (Å²) in [5.41, 5.74) is 2.66. The van der Waals surface area contributed by atoms with E-state index in [4.69, 9.17) is 4.98 Å². The fourth-order valence-corrected chi connectivity index (χ4v) is 3.19. The highest BCUT2D eigenvalue weighted by atomic mass is 15.3. The Morgan fingerprint density at radius 2 is 1.65 bits per heavy atom. The molecule has 0 N–H and O–H groups in total. The van der Waals surface area contributed by atoms with Crippen LogP contribution in [0, 0.1) is 0 Å². The standard InChI is InChI=1S/C19H28N4/c1-19(2,3)16-10-8-15(9-11-16)18-20-17(21-22(18)4)14-23-12-6-5-7-13-23/h8-11H,5-7,12-14H2,1-4H3. The maximum atomic E-state index is 4.78. The minimum Gasteiger partial charge on any atom is -0.296 e. The zero-order valence-electron chi connectivity index (χ0n) is 14.8. The van der Waals surface area contributed by atoms with E-state index in [1.54, 1.807) is 0 Å². The van der Waals surface area contributed by atoms with Crippen LogP contribution < -0.4 is 0 Å². The molecule has 1 aromatic heterocycles. The molecule has 2 aromatic rings. The van der Waals surface area contributed by atoms with E-state index < -0.39 is 0 Å². The molecule has 0 spiro atoms. The number of rotatable bonds is 3. The number of piperidine rings is 1. The lowest BCUT2D eigenvalue weighted by Gasteiger charge is -2.24. The Kier molecular flexibility index (Phi) is 4.53. The average Bonchev–Trinajstić information content (AvgIpc) is 2.88. The van der Waals surface area contributed by atoms with Gasteiger partial charge in [-0.05, 0) is 36.9 Å². The molecule has 1 aromatic carbocycles. The van der Waals surface area contributed by atoms with Gasteiger partial charge in [-0.2, -0.15) is 5.10 Å². The molecule has 0 radical (unpaired) electrons. The molecule has 0 aliphatic carbocycles. The predicted molar refractivity (Wildman–Crippen MR) is 94.3 cm³/mol. The van der Waals surface area contributed by atoms with E-state index >= 15 is 0 Å². The Morgan fingerprint density at radius 3 is 2.26 bits per heavy atom. The summed E-state index contributed by atoms with van der Waals surface area (Å²) in [6.45, 7) is 9.93. The molecule has 1 aliphatic heterocycles. The van der Waals surface area contributed by atoms with Crippen molar-refractivity contribution in [1.29, 1.82) is 0 Å².